The van der Waals surface area contributed by atoms with E-state index in [9.17, 15) is 0 Å². The van der Waals surface area contributed by atoms with Gasteiger partial charge in [-0.3, -0.25) is 0 Å². The zero-order valence-corrected chi connectivity index (χ0v) is 16.6. The molecule has 22 heavy (non-hydrogen) atoms. The van der Waals surface area contributed by atoms with Crippen LogP contribution in [0.3, 0.4) is 0 Å². The van der Waals surface area contributed by atoms with Crippen molar-refractivity contribution in [1.82, 2.24) is 0 Å². The highest BCUT2D eigenvalue weighted by atomic mass is 14.5. The molecule has 0 radical (unpaired) electrons. The first kappa shape index (κ1) is 20.0. The van der Waals surface area contributed by atoms with Gasteiger partial charge in [-0.15, -0.1) is 0 Å². The van der Waals surface area contributed by atoms with Gasteiger partial charge in [0, 0.05) is 0 Å². The Kier molecular flexibility index (Phi) is 9.10. The van der Waals surface area contributed by atoms with E-state index in [0.717, 1.165) is 29.1 Å². The van der Waals surface area contributed by atoms with E-state index in [2.05, 4.69) is 41.5 Å². The summed E-state index contributed by atoms with van der Waals surface area (Å²) in [5.74, 6) is 3.75. The fourth-order valence-corrected chi connectivity index (χ4v) is 4.36. The highest BCUT2D eigenvalue weighted by Crippen LogP contribution is 2.53. The Morgan fingerprint density at radius 2 is 1.55 bits per heavy atom. The van der Waals surface area contributed by atoms with Gasteiger partial charge in [-0.1, -0.05) is 92.9 Å². The van der Waals surface area contributed by atoms with Crippen LogP contribution in [0.2, 0.25) is 0 Å². The molecule has 1 saturated carbocycles. The van der Waals surface area contributed by atoms with Gasteiger partial charge in [0.1, 0.15) is 0 Å². The standard InChI is InChI=1S/C22H44/c1-7-9-10-11-12-20(17-22(6)15-16-22)21(8-2)19(5)14-13-18(3)4/h18-21H,7-17H2,1-6H3. The minimum Gasteiger partial charge on any atom is -0.0654 e. The molecule has 0 heteroatoms. The normalized spacial score (nSPS) is 20.9. The van der Waals surface area contributed by atoms with Crippen LogP contribution in [0.1, 0.15) is 112 Å². The first-order valence-corrected chi connectivity index (χ1v) is 10.4. The van der Waals surface area contributed by atoms with Crippen molar-refractivity contribution < 1.29 is 0 Å². The third-order valence-electron chi connectivity index (χ3n) is 6.29. The van der Waals surface area contributed by atoms with Gasteiger partial charge >= 0.3 is 0 Å². The lowest BCUT2D eigenvalue weighted by molar-refractivity contribution is 0.167. The van der Waals surface area contributed by atoms with Gasteiger partial charge in [0.05, 0.1) is 0 Å². The van der Waals surface area contributed by atoms with E-state index < -0.39 is 0 Å². The van der Waals surface area contributed by atoms with E-state index in [1.54, 1.807) is 0 Å². The van der Waals surface area contributed by atoms with Crippen molar-refractivity contribution in [3.05, 3.63) is 0 Å². The van der Waals surface area contributed by atoms with Crippen LogP contribution in [0.5, 0.6) is 0 Å². The van der Waals surface area contributed by atoms with Crippen molar-refractivity contribution in [1.29, 1.82) is 0 Å². The van der Waals surface area contributed by atoms with Gasteiger partial charge in [0.25, 0.3) is 0 Å². The largest absolute Gasteiger partial charge is 0.0654 e. The highest BCUT2D eigenvalue weighted by molar-refractivity contribution is 4.92. The molecule has 1 rings (SSSR count). The SMILES string of the molecule is CCCCCCC(CC1(C)CC1)C(CC)C(C)CCC(C)C. The van der Waals surface area contributed by atoms with E-state index in [4.69, 9.17) is 0 Å². The summed E-state index contributed by atoms with van der Waals surface area (Å²) in [5.41, 5.74) is 0.723. The number of rotatable bonds is 13. The van der Waals surface area contributed by atoms with Gasteiger partial charge in [0.2, 0.25) is 0 Å². The predicted octanol–water partition coefficient (Wildman–Crippen LogP) is 7.86. The zero-order chi connectivity index (χ0) is 16.6. The summed E-state index contributed by atoms with van der Waals surface area (Å²) in [6, 6.07) is 0. The molecule has 0 aromatic rings. The first-order valence-electron chi connectivity index (χ1n) is 10.4. The summed E-state index contributed by atoms with van der Waals surface area (Å²) in [5, 5.41) is 0. The molecule has 0 saturated heterocycles. The topological polar surface area (TPSA) is 0 Å². The van der Waals surface area contributed by atoms with E-state index in [-0.39, 0.29) is 0 Å². The third kappa shape index (κ3) is 7.51. The molecule has 0 bridgehead atoms. The molecule has 3 atom stereocenters. The average molecular weight is 309 g/mol. The molecule has 1 aliphatic rings. The summed E-state index contributed by atoms with van der Waals surface area (Å²) < 4.78 is 0. The molecule has 1 fully saturated rings. The maximum absolute atomic E-state index is 2.55. The van der Waals surface area contributed by atoms with Gasteiger partial charge in [0.15, 0.2) is 0 Å². The molecular formula is C22H44. The van der Waals surface area contributed by atoms with Crippen LogP contribution in [-0.2, 0) is 0 Å². The van der Waals surface area contributed by atoms with Crippen molar-refractivity contribution in [3.8, 4) is 0 Å². The van der Waals surface area contributed by atoms with Crippen molar-refractivity contribution in [2.24, 2.45) is 29.1 Å². The second-order valence-electron chi connectivity index (χ2n) is 9.14. The van der Waals surface area contributed by atoms with Crippen molar-refractivity contribution in [3.63, 3.8) is 0 Å². The fraction of sp³-hybridized carbons (Fsp3) is 1.00. The van der Waals surface area contributed by atoms with Crippen LogP contribution in [0.4, 0.5) is 0 Å². The molecule has 0 nitrogen and oxygen atoms in total. The van der Waals surface area contributed by atoms with Crippen LogP contribution in [0.15, 0.2) is 0 Å². The van der Waals surface area contributed by atoms with E-state index >= 15 is 0 Å². The third-order valence-corrected chi connectivity index (χ3v) is 6.29. The van der Waals surface area contributed by atoms with Gasteiger partial charge in [-0.2, -0.15) is 0 Å². The molecule has 0 aromatic carbocycles. The quantitative estimate of drug-likeness (QED) is 0.304. The van der Waals surface area contributed by atoms with Crippen molar-refractivity contribution in [2.75, 3.05) is 0 Å². The lowest BCUT2D eigenvalue weighted by atomic mass is 9.72. The predicted molar refractivity (Wildman–Crippen MR) is 101 cm³/mol. The Morgan fingerprint density at radius 1 is 0.864 bits per heavy atom. The lowest BCUT2D eigenvalue weighted by Gasteiger charge is -2.34. The summed E-state index contributed by atoms with van der Waals surface area (Å²) in [6.07, 6.45) is 16.0. The molecule has 0 heterocycles. The Balaban J connectivity index is 2.55. The van der Waals surface area contributed by atoms with Crippen molar-refractivity contribution in [2.45, 2.75) is 112 Å². The van der Waals surface area contributed by atoms with Gasteiger partial charge in [-0.05, 0) is 48.3 Å². The maximum atomic E-state index is 2.55. The second-order valence-corrected chi connectivity index (χ2v) is 9.14. The number of hydrogen-bond donors (Lipinski definition) is 0. The molecular weight excluding hydrogens is 264 g/mol. The molecule has 3 unspecified atom stereocenters. The van der Waals surface area contributed by atoms with Crippen LogP contribution in [-0.4, -0.2) is 0 Å². The van der Waals surface area contributed by atoms with E-state index in [1.807, 2.05) is 0 Å². The fourth-order valence-electron chi connectivity index (χ4n) is 4.36. The maximum Gasteiger partial charge on any atom is -0.0323 e. The molecule has 0 aromatic heterocycles. The van der Waals surface area contributed by atoms with Crippen LogP contribution < -0.4 is 0 Å². The molecule has 0 spiro atoms. The summed E-state index contributed by atoms with van der Waals surface area (Å²) >= 11 is 0. The smallest absolute Gasteiger partial charge is 0.0323 e. The summed E-state index contributed by atoms with van der Waals surface area (Å²) in [7, 11) is 0. The molecule has 0 amide bonds. The van der Waals surface area contributed by atoms with E-state index in [1.165, 1.54) is 70.6 Å². The summed E-state index contributed by atoms with van der Waals surface area (Å²) in [6.45, 7) is 14.6. The molecule has 132 valence electrons. The Hall–Kier alpha value is 0. The van der Waals surface area contributed by atoms with Crippen LogP contribution in [0.25, 0.3) is 0 Å². The summed E-state index contributed by atoms with van der Waals surface area (Å²) in [4.78, 5) is 0. The Bertz CT molecular complexity index is 274. The molecule has 0 aliphatic heterocycles. The van der Waals surface area contributed by atoms with Crippen molar-refractivity contribution >= 4 is 0 Å². The van der Waals surface area contributed by atoms with Crippen LogP contribution in [0, 0.1) is 29.1 Å². The minimum atomic E-state index is 0.723. The minimum absolute atomic E-state index is 0.723. The highest BCUT2D eigenvalue weighted by Gasteiger charge is 2.41. The number of unbranched alkanes of at least 4 members (excludes halogenated alkanes) is 3. The second kappa shape index (κ2) is 9.99. The van der Waals surface area contributed by atoms with Gasteiger partial charge in [-0.25, -0.2) is 0 Å². The van der Waals surface area contributed by atoms with E-state index in [0.29, 0.717) is 0 Å². The Labute approximate surface area is 141 Å². The van der Waals surface area contributed by atoms with Gasteiger partial charge < -0.3 is 0 Å². The molecule has 0 N–H and O–H groups in total. The first-order chi connectivity index (χ1) is 10.4. The monoisotopic (exact) mass is 308 g/mol. The Morgan fingerprint density at radius 3 is 2.05 bits per heavy atom. The number of hydrogen-bond acceptors (Lipinski definition) is 0. The lowest BCUT2D eigenvalue weighted by Crippen LogP contribution is -2.24. The molecule has 1 aliphatic carbocycles. The zero-order valence-electron chi connectivity index (χ0n) is 16.6. The average Bonchev–Trinajstić information content (AvgIpc) is 3.19. The van der Waals surface area contributed by atoms with Crippen LogP contribution >= 0.6 is 0 Å².